The monoisotopic (exact) mass is 138 g/mol. The summed E-state index contributed by atoms with van der Waals surface area (Å²) in [5.74, 6) is 0. The van der Waals surface area contributed by atoms with E-state index in [-0.39, 0.29) is 0 Å². The molecule has 0 unspecified atom stereocenters. The molecule has 0 aromatic heterocycles. The minimum absolute atomic E-state index is 0.335. The summed E-state index contributed by atoms with van der Waals surface area (Å²) in [5.41, 5.74) is 0.335. The summed E-state index contributed by atoms with van der Waals surface area (Å²) in [6.07, 6.45) is 9.75. The third kappa shape index (κ3) is 7.48. The number of allylic oxidation sites excluding steroid dienone is 4. The molecule has 58 valence electrons. The van der Waals surface area contributed by atoms with E-state index in [4.69, 9.17) is 0 Å². The maximum atomic E-state index is 2.24. The van der Waals surface area contributed by atoms with E-state index in [0.29, 0.717) is 5.41 Å². The normalized spacial score (nSPS) is 13.6. The van der Waals surface area contributed by atoms with Crippen LogP contribution >= 0.6 is 0 Å². The van der Waals surface area contributed by atoms with Gasteiger partial charge in [0.15, 0.2) is 0 Å². The van der Waals surface area contributed by atoms with Crippen LogP contribution in [0.3, 0.4) is 0 Å². The van der Waals surface area contributed by atoms with E-state index in [1.165, 1.54) is 0 Å². The van der Waals surface area contributed by atoms with Crippen LogP contribution in [0, 0.1) is 5.41 Å². The van der Waals surface area contributed by atoms with Gasteiger partial charge in [0, 0.05) is 0 Å². The molecule has 0 rings (SSSR count). The van der Waals surface area contributed by atoms with Crippen molar-refractivity contribution in [1.29, 1.82) is 0 Å². The largest absolute Gasteiger partial charge is 0.0914 e. The standard InChI is InChI=1S/C10H18/c1-5-6-7-8-9-10(2,3)4/h5-6,8-9H,7H2,1-4H3/b6-5+,9-8+. The minimum Gasteiger partial charge on any atom is -0.0914 e. The Bertz CT molecular complexity index is 121. The van der Waals surface area contributed by atoms with Gasteiger partial charge >= 0.3 is 0 Å². The maximum Gasteiger partial charge on any atom is -0.0169 e. The zero-order valence-electron chi connectivity index (χ0n) is 7.52. The summed E-state index contributed by atoms with van der Waals surface area (Å²) in [7, 11) is 0. The fourth-order valence-corrected chi connectivity index (χ4v) is 0.636. The highest BCUT2D eigenvalue weighted by Gasteiger charge is 2.01. The van der Waals surface area contributed by atoms with Crippen LogP contribution < -0.4 is 0 Å². The van der Waals surface area contributed by atoms with E-state index in [2.05, 4.69) is 45.1 Å². The van der Waals surface area contributed by atoms with E-state index >= 15 is 0 Å². The van der Waals surface area contributed by atoms with Crippen molar-refractivity contribution < 1.29 is 0 Å². The van der Waals surface area contributed by atoms with Gasteiger partial charge in [-0.3, -0.25) is 0 Å². The highest BCUT2D eigenvalue weighted by molar-refractivity contribution is 4.96. The fraction of sp³-hybridized carbons (Fsp3) is 0.600. The van der Waals surface area contributed by atoms with Crippen molar-refractivity contribution in [3.05, 3.63) is 24.3 Å². The lowest BCUT2D eigenvalue weighted by atomic mass is 9.96. The van der Waals surface area contributed by atoms with Crippen LogP contribution in [-0.4, -0.2) is 0 Å². The molecule has 0 nitrogen and oxygen atoms in total. The van der Waals surface area contributed by atoms with Gasteiger partial charge < -0.3 is 0 Å². The second-order valence-corrected chi connectivity index (χ2v) is 3.57. The zero-order chi connectivity index (χ0) is 8.04. The molecule has 0 aromatic carbocycles. The Morgan fingerprint density at radius 1 is 1.10 bits per heavy atom. The van der Waals surface area contributed by atoms with E-state index in [1.54, 1.807) is 0 Å². The number of hydrogen-bond acceptors (Lipinski definition) is 0. The van der Waals surface area contributed by atoms with Crippen molar-refractivity contribution in [3.8, 4) is 0 Å². The van der Waals surface area contributed by atoms with Crippen molar-refractivity contribution in [2.24, 2.45) is 5.41 Å². The first-order valence-electron chi connectivity index (χ1n) is 3.85. The van der Waals surface area contributed by atoms with Crippen molar-refractivity contribution in [3.63, 3.8) is 0 Å². The average Bonchev–Trinajstić information content (AvgIpc) is 1.78. The molecule has 0 aromatic rings. The van der Waals surface area contributed by atoms with Crippen LogP contribution in [0.4, 0.5) is 0 Å². The molecule has 0 heterocycles. The van der Waals surface area contributed by atoms with Crippen LogP contribution in [-0.2, 0) is 0 Å². The first-order chi connectivity index (χ1) is 4.56. The Morgan fingerprint density at radius 2 is 1.70 bits per heavy atom. The number of hydrogen-bond donors (Lipinski definition) is 0. The molecule has 0 spiro atoms. The van der Waals surface area contributed by atoms with Gasteiger partial charge in [-0.25, -0.2) is 0 Å². The summed E-state index contributed by atoms with van der Waals surface area (Å²) in [5, 5.41) is 0. The summed E-state index contributed by atoms with van der Waals surface area (Å²) in [4.78, 5) is 0. The quantitative estimate of drug-likeness (QED) is 0.512. The molecular weight excluding hydrogens is 120 g/mol. The molecule has 0 saturated carbocycles. The Kier molecular flexibility index (Phi) is 4.10. The van der Waals surface area contributed by atoms with Crippen molar-refractivity contribution in [1.82, 2.24) is 0 Å². The third-order valence-electron chi connectivity index (χ3n) is 1.13. The van der Waals surface area contributed by atoms with Gasteiger partial charge in [0.1, 0.15) is 0 Å². The molecule has 0 aliphatic carbocycles. The summed E-state index contributed by atoms with van der Waals surface area (Å²) in [6, 6.07) is 0. The van der Waals surface area contributed by atoms with Gasteiger partial charge in [-0.05, 0) is 18.8 Å². The Labute approximate surface area is 64.6 Å². The van der Waals surface area contributed by atoms with Crippen LogP contribution in [0.15, 0.2) is 24.3 Å². The number of rotatable bonds is 2. The molecule has 0 atom stereocenters. The molecule has 0 heteroatoms. The van der Waals surface area contributed by atoms with E-state index < -0.39 is 0 Å². The molecule has 0 bridgehead atoms. The lowest BCUT2D eigenvalue weighted by molar-refractivity contribution is 0.543. The average molecular weight is 138 g/mol. The van der Waals surface area contributed by atoms with Gasteiger partial charge in [-0.15, -0.1) is 0 Å². The lowest BCUT2D eigenvalue weighted by Gasteiger charge is -2.10. The van der Waals surface area contributed by atoms with E-state index in [9.17, 15) is 0 Å². The van der Waals surface area contributed by atoms with Gasteiger partial charge in [0.25, 0.3) is 0 Å². The molecule has 0 N–H and O–H groups in total. The highest BCUT2D eigenvalue weighted by Crippen LogP contribution is 2.14. The first kappa shape index (κ1) is 9.48. The minimum atomic E-state index is 0.335. The van der Waals surface area contributed by atoms with Crippen LogP contribution in [0.25, 0.3) is 0 Å². The highest BCUT2D eigenvalue weighted by atomic mass is 14.1. The maximum absolute atomic E-state index is 2.24. The SMILES string of the molecule is C/C=C/C/C=C/C(C)(C)C. The van der Waals surface area contributed by atoms with E-state index in [1.807, 2.05) is 6.92 Å². The molecule has 0 saturated heterocycles. The van der Waals surface area contributed by atoms with Crippen LogP contribution in [0.1, 0.15) is 34.1 Å². The lowest BCUT2D eigenvalue weighted by Crippen LogP contribution is -1.97. The zero-order valence-corrected chi connectivity index (χ0v) is 7.52. The van der Waals surface area contributed by atoms with Gasteiger partial charge in [0.05, 0.1) is 0 Å². The topological polar surface area (TPSA) is 0 Å². The Morgan fingerprint density at radius 3 is 2.10 bits per heavy atom. The Hall–Kier alpha value is -0.520. The first-order valence-corrected chi connectivity index (χ1v) is 3.85. The van der Waals surface area contributed by atoms with Crippen LogP contribution in [0.2, 0.25) is 0 Å². The van der Waals surface area contributed by atoms with E-state index in [0.717, 1.165) is 6.42 Å². The van der Waals surface area contributed by atoms with Gasteiger partial charge in [-0.2, -0.15) is 0 Å². The van der Waals surface area contributed by atoms with Gasteiger partial charge in [-0.1, -0.05) is 45.1 Å². The summed E-state index contributed by atoms with van der Waals surface area (Å²) in [6.45, 7) is 8.67. The fourth-order valence-electron chi connectivity index (χ4n) is 0.636. The summed E-state index contributed by atoms with van der Waals surface area (Å²) < 4.78 is 0. The molecule has 0 aliphatic heterocycles. The predicted octanol–water partition coefficient (Wildman–Crippen LogP) is 3.55. The second-order valence-electron chi connectivity index (χ2n) is 3.57. The van der Waals surface area contributed by atoms with Crippen molar-refractivity contribution in [2.45, 2.75) is 34.1 Å². The smallest absolute Gasteiger partial charge is 0.0169 e. The van der Waals surface area contributed by atoms with Crippen molar-refractivity contribution in [2.75, 3.05) is 0 Å². The summed E-state index contributed by atoms with van der Waals surface area (Å²) >= 11 is 0. The predicted molar refractivity (Wildman–Crippen MR) is 48.0 cm³/mol. The Balaban J connectivity index is 3.56. The molecule has 10 heavy (non-hydrogen) atoms. The second kappa shape index (κ2) is 4.32. The molecule has 0 fully saturated rings. The van der Waals surface area contributed by atoms with Crippen LogP contribution in [0.5, 0.6) is 0 Å². The third-order valence-corrected chi connectivity index (χ3v) is 1.13. The molecular formula is C10H18. The molecule has 0 aliphatic rings. The van der Waals surface area contributed by atoms with Gasteiger partial charge in [0.2, 0.25) is 0 Å². The van der Waals surface area contributed by atoms with Crippen molar-refractivity contribution >= 4 is 0 Å². The molecule has 0 amide bonds. The molecule has 0 radical (unpaired) electrons.